The molecule has 2 aromatic heterocycles. The maximum absolute atomic E-state index is 11.8. The summed E-state index contributed by atoms with van der Waals surface area (Å²) in [5.41, 5.74) is 0. The Balaban J connectivity index is 1.97. The van der Waals surface area contributed by atoms with Crippen LogP contribution in [-0.2, 0) is 16.4 Å². The lowest BCUT2D eigenvalue weighted by Gasteiger charge is -2.02. The highest BCUT2D eigenvalue weighted by molar-refractivity contribution is 7.89. The van der Waals surface area contributed by atoms with Crippen LogP contribution in [0, 0.1) is 0 Å². The summed E-state index contributed by atoms with van der Waals surface area (Å²) in [6.45, 7) is 0.292. The maximum Gasteiger partial charge on any atom is 0.273 e. The summed E-state index contributed by atoms with van der Waals surface area (Å²) in [6, 6.07) is 6.44. The molecule has 5 nitrogen and oxygen atoms in total. The Hall–Kier alpha value is -1.44. The Labute approximate surface area is 108 Å². The molecular formula is C11H11NO4S2. The summed E-state index contributed by atoms with van der Waals surface area (Å²) in [5, 5.41) is 1.70. The van der Waals surface area contributed by atoms with Crippen LogP contribution in [0.5, 0.6) is 0 Å². The number of carbonyl (C=O) groups excluding carboxylic acids is 1. The molecule has 7 heteroatoms. The Bertz CT molecular complexity index is 613. The zero-order valence-corrected chi connectivity index (χ0v) is 11.0. The minimum atomic E-state index is -3.67. The molecule has 0 aliphatic carbocycles. The van der Waals surface area contributed by atoms with Gasteiger partial charge in [0.05, 0.1) is 0 Å². The van der Waals surface area contributed by atoms with Crippen LogP contribution in [0.25, 0.3) is 0 Å². The average molecular weight is 285 g/mol. The molecule has 0 fully saturated rings. The van der Waals surface area contributed by atoms with Gasteiger partial charge >= 0.3 is 0 Å². The molecule has 0 aliphatic heterocycles. The number of furan rings is 1. The number of nitrogens with one attached hydrogen (secondary N) is 1. The smallest absolute Gasteiger partial charge is 0.273 e. The normalized spacial score (nSPS) is 11.6. The van der Waals surface area contributed by atoms with Gasteiger partial charge in [-0.05, 0) is 30.0 Å². The van der Waals surface area contributed by atoms with Crippen LogP contribution in [0.1, 0.15) is 15.4 Å². The number of aldehydes is 1. The van der Waals surface area contributed by atoms with Gasteiger partial charge in [0, 0.05) is 11.4 Å². The quantitative estimate of drug-likeness (QED) is 0.819. The fourth-order valence-electron chi connectivity index (χ4n) is 1.38. The van der Waals surface area contributed by atoms with Gasteiger partial charge < -0.3 is 4.42 Å². The van der Waals surface area contributed by atoms with Crippen molar-refractivity contribution in [3.05, 3.63) is 40.3 Å². The molecular weight excluding hydrogens is 274 g/mol. The molecule has 0 amide bonds. The second-order valence-electron chi connectivity index (χ2n) is 3.50. The molecule has 18 heavy (non-hydrogen) atoms. The third-order valence-electron chi connectivity index (χ3n) is 2.23. The van der Waals surface area contributed by atoms with Gasteiger partial charge in [0.25, 0.3) is 10.0 Å². The van der Waals surface area contributed by atoms with Gasteiger partial charge in [-0.3, -0.25) is 4.79 Å². The van der Waals surface area contributed by atoms with Gasteiger partial charge in [-0.2, -0.15) is 0 Å². The molecule has 96 valence electrons. The molecule has 0 unspecified atom stereocenters. The van der Waals surface area contributed by atoms with Gasteiger partial charge in [0.1, 0.15) is 0 Å². The highest BCUT2D eigenvalue weighted by Gasteiger charge is 2.17. The number of rotatable bonds is 6. The minimum absolute atomic E-state index is 0.00590. The Morgan fingerprint density at radius 2 is 2.17 bits per heavy atom. The molecule has 0 aromatic carbocycles. The lowest BCUT2D eigenvalue weighted by Crippen LogP contribution is -2.25. The third-order valence-corrected chi connectivity index (χ3v) is 4.50. The predicted octanol–water partition coefficient (Wildman–Crippen LogP) is 1.67. The van der Waals surface area contributed by atoms with Gasteiger partial charge in [0.15, 0.2) is 12.0 Å². The summed E-state index contributed by atoms with van der Waals surface area (Å²) < 4.78 is 30.8. The van der Waals surface area contributed by atoms with Gasteiger partial charge in [-0.15, -0.1) is 11.3 Å². The Morgan fingerprint density at radius 1 is 1.33 bits per heavy atom. The molecule has 2 aromatic rings. The van der Waals surface area contributed by atoms with Crippen LogP contribution in [0.4, 0.5) is 0 Å². The van der Waals surface area contributed by atoms with E-state index in [1.165, 1.54) is 12.1 Å². The summed E-state index contributed by atoms with van der Waals surface area (Å²) >= 11 is 1.57. The summed E-state index contributed by atoms with van der Waals surface area (Å²) in [4.78, 5) is 11.5. The van der Waals surface area contributed by atoms with E-state index in [-0.39, 0.29) is 10.9 Å². The molecule has 2 heterocycles. The SMILES string of the molecule is O=Cc1ccc(S(=O)(=O)NCCc2cccs2)o1. The van der Waals surface area contributed by atoms with Crippen molar-refractivity contribution in [3.63, 3.8) is 0 Å². The van der Waals surface area contributed by atoms with Crippen LogP contribution in [-0.4, -0.2) is 21.2 Å². The number of thiophene rings is 1. The van der Waals surface area contributed by atoms with E-state index < -0.39 is 10.0 Å². The molecule has 1 N–H and O–H groups in total. The average Bonchev–Trinajstić information content (AvgIpc) is 2.99. The largest absolute Gasteiger partial charge is 0.440 e. The number of carbonyl (C=O) groups is 1. The molecule has 0 spiro atoms. The van der Waals surface area contributed by atoms with Crippen molar-refractivity contribution in [1.82, 2.24) is 4.72 Å². The fourth-order valence-corrected chi connectivity index (χ4v) is 3.05. The Kier molecular flexibility index (Phi) is 3.95. The zero-order valence-electron chi connectivity index (χ0n) is 9.33. The van der Waals surface area contributed by atoms with E-state index in [0.717, 1.165) is 4.88 Å². The summed E-state index contributed by atoms with van der Waals surface area (Å²) in [5.74, 6) is -0.00590. The number of sulfonamides is 1. The number of hydrogen-bond acceptors (Lipinski definition) is 5. The maximum atomic E-state index is 11.8. The second kappa shape index (κ2) is 5.47. The standard InChI is InChI=1S/C11H11NO4S2/c13-8-9-3-4-11(16-9)18(14,15)12-6-5-10-2-1-7-17-10/h1-4,7-8,12H,5-6H2. The van der Waals surface area contributed by atoms with E-state index in [9.17, 15) is 13.2 Å². The first kappa shape index (κ1) is 13.0. The predicted molar refractivity (Wildman–Crippen MR) is 67.3 cm³/mol. The minimum Gasteiger partial charge on any atom is -0.440 e. The molecule has 0 atom stereocenters. The van der Waals surface area contributed by atoms with E-state index in [1.54, 1.807) is 11.3 Å². The highest BCUT2D eigenvalue weighted by atomic mass is 32.2. The van der Waals surface area contributed by atoms with Gasteiger partial charge in [0.2, 0.25) is 5.09 Å². The zero-order chi connectivity index (χ0) is 13.0. The summed E-state index contributed by atoms with van der Waals surface area (Å²) in [7, 11) is -3.67. The Morgan fingerprint density at radius 3 is 2.78 bits per heavy atom. The van der Waals surface area contributed by atoms with Crippen LogP contribution >= 0.6 is 11.3 Å². The van der Waals surface area contributed by atoms with Gasteiger partial charge in [-0.25, -0.2) is 13.1 Å². The first-order valence-electron chi connectivity index (χ1n) is 5.19. The lowest BCUT2D eigenvalue weighted by atomic mass is 10.3. The van der Waals surface area contributed by atoms with E-state index >= 15 is 0 Å². The molecule has 2 rings (SSSR count). The van der Waals surface area contributed by atoms with Crippen LogP contribution in [0.2, 0.25) is 0 Å². The molecule has 0 saturated heterocycles. The topological polar surface area (TPSA) is 76.4 Å². The molecule has 0 saturated carbocycles. The van der Waals surface area contributed by atoms with E-state index in [1.807, 2.05) is 17.5 Å². The van der Waals surface area contributed by atoms with Crippen molar-refractivity contribution in [3.8, 4) is 0 Å². The van der Waals surface area contributed by atoms with E-state index in [0.29, 0.717) is 19.3 Å². The second-order valence-corrected chi connectivity index (χ2v) is 6.23. The number of hydrogen-bond donors (Lipinski definition) is 1. The van der Waals surface area contributed by atoms with Crippen molar-refractivity contribution < 1.29 is 17.6 Å². The third kappa shape index (κ3) is 3.06. The molecule has 0 bridgehead atoms. The lowest BCUT2D eigenvalue weighted by molar-refractivity contribution is 0.109. The van der Waals surface area contributed by atoms with Crippen molar-refractivity contribution in [2.24, 2.45) is 0 Å². The van der Waals surface area contributed by atoms with Crippen molar-refractivity contribution in [1.29, 1.82) is 0 Å². The van der Waals surface area contributed by atoms with Crippen molar-refractivity contribution in [2.75, 3.05) is 6.54 Å². The highest BCUT2D eigenvalue weighted by Crippen LogP contribution is 2.13. The van der Waals surface area contributed by atoms with Gasteiger partial charge in [-0.1, -0.05) is 6.07 Å². The van der Waals surface area contributed by atoms with Crippen molar-refractivity contribution in [2.45, 2.75) is 11.5 Å². The van der Waals surface area contributed by atoms with Crippen molar-refractivity contribution >= 4 is 27.6 Å². The van der Waals surface area contributed by atoms with Crippen LogP contribution in [0.15, 0.2) is 39.2 Å². The molecule has 0 aliphatic rings. The summed E-state index contributed by atoms with van der Waals surface area (Å²) in [6.07, 6.45) is 1.09. The first-order chi connectivity index (χ1) is 8.62. The first-order valence-corrected chi connectivity index (χ1v) is 7.55. The van der Waals surface area contributed by atoms with E-state index in [2.05, 4.69) is 4.72 Å². The fraction of sp³-hybridized carbons (Fsp3) is 0.182. The van der Waals surface area contributed by atoms with E-state index in [4.69, 9.17) is 4.42 Å². The van der Waals surface area contributed by atoms with Crippen LogP contribution < -0.4 is 4.72 Å². The van der Waals surface area contributed by atoms with Crippen LogP contribution in [0.3, 0.4) is 0 Å². The molecule has 0 radical (unpaired) electrons. The monoisotopic (exact) mass is 285 g/mol.